The Balaban J connectivity index is 1.65. The van der Waals surface area contributed by atoms with Crippen LogP contribution in [0.15, 0.2) is 71.2 Å². The van der Waals surface area contributed by atoms with Gasteiger partial charge in [-0.1, -0.05) is 58.4 Å². The molecule has 9 heteroatoms. The molecule has 1 aromatic heterocycles. The smallest absolute Gasteiger partial charge is 0.411 e. The average molecular weight is 493 g/mol. The van der Waals surface area contributed by atoms with Crippen molar-refractivity contribution in [3.63, 3.8) is 0 Å². The number of benzene rings is 3. The highest BCUT2D eigenvalue weighted by molar-refractivity contribution is 9.10. The van der Waals surface area contributed by atoms with E-state index < -0.39 is 11.8 Å². The number of aromatic nitrogens is 2. The Morgan fingerprint density at radius 3 is 2.66 bits per heavy atom. The number of nitrogens with zero attached hydrogens (tertiary/aromatic N) is 2. The zero-order valence-electron chi connectivity index (χ0n) is 16.5. The summed E-state index contributed by atoms with van der Waals surface area (Å²) >= 11 is 3.52. The SMILES string of the molecule is O=C(O)Nc1nc2cc(C3(O)c4ccccc4C(=O)N3Cc3ccccc3Br)ccc2[nH]1. The first kappa shape index (κ1) is 20.2. The Morgan fingerprint density at radius 2 is 1.88 bits per heavy atom. The van der Waals surface area contributed by atoms with Crippen LogP contribution in [0.4, 0.5) is 10.7 Å². The molecule has 0 aliphatic carbocycles. The van der Waals surface area contributed by atoms with Gasteiger partial charge in [0.15, 0.2) is 5.72 Å². The number of fused-ring (bicyclic) bond motifs is 2. The fourth-order valence-electron chi connectivity index (χ4n) is 4.09. The molecule has 1 aliphatic heterocycles. The second-order valence-corrected chi connectivity index (χ2v) is 8.30. The fraction of sp³-hybridized carbons (Fsp3) is 0.0870. The number of halogens is 1. The molecule has 0 saturated heterocycles. The number of rotatable bonds is 4. The third kappa shape index (κ3) is 3.14. The molecule has 0 bridgehead atoms. The van der Waals surface area contributed by atoms with Gasteiger partial charge in [-0.05, 0) is 29.8 Å². The second kappa shape index (κ2) is 7.47. The Kier molecular flexibility index (Phi) is 4.72. The van der Waals surface area contributed by atoms with Gasteiger partial charge in [-0.3, -0.25) is 15.0 Å². The molecule has 160 valence electrons. The molecule has 0 fully saturated rings. The van der Waals surface area contributed by atoms with Crippen molar-refractivity contribution in [1.82, 2.24) is 14.9 Å². The lowest BCUT2D eigenvalue weighted by molar-refractivity contribution is -0.0543. The summed E-state index contributed by atoms with van der Waals surface area (Å²) in [4.78, 5) is 32.8. The molecule has 2 heterocycles. The zero-order valence-corrected chi connectivity index (χ0v) is 18.1. The molecule has 32 heavy (non-hydrogen) atoms. The molecule has 2 amide bonds. The van der Waals surface area contributed by atoms with Crippen LogP contribution >= 0.6 is 15.9 Å². The number of nitrogens with one attached hydrogen (secondary N) is 2. The lowest BCUT2D eigenvalue weighted by Gasteiger charge is -2.35. The van der Waals surface area contributed by atoms with Gasteiger partial charge in [0.2, 0.25) is 5.95 Å². The van der Waals surface area contributed by atoms with E-state index in [1.54, 1.807) is 42.5 Å². The average Bonchev–Trinajstić information content (AvgIpc) is 3.27. The maximum absolute atomic E-state index is 13.3. The topological polar surface area (TPSA) is 119 Å². The predicted molar refractivity (Wildman–Crippen MR) is 121 cm³/mol. The van der Waals surface area contributed by atoms with Crippen LogP contribution in [0.3, 0.4) is 0 Å². The van der Waals surface area contributed by atoms with Crippen molar-refractivity contribution < 1.29 is 19.8 Å². The highest BCUT2D eigenvalue weighted by atomic mass is 79.9. The first-order valence-corrected chi connectivity index (χ1v) is 10.5. The molecule has 0 radical (unpaired) electrons. The van der Waals surface area contributed by atoms with Crippen molar-refractivity contribution in [2.45, 2.75) is 12.3 Å². The second-order valence-electron chi connectivity index (χ2n) is 7.45. The lowest BCUT2D eigenvalue weighted by atomic mass is 9.93. The van der Waals surface area contributed by atoms with Gasteiger partial charge < -0.3 is 15.2 Å². The van der Waals surface area contributed by atoms with Gasteiger partial charge in [-0.15, -0.1) is 0 Å². The van der Waals surface area contributed by atoms with Crippen LogP contribution in [-0.4, -0.2) is 37.1 Å². The molecule has 5 rings (SSSR count). The Hall–Kier alpha value is -3.69. The Labute approximate surface area is 190 Å². The summed E-state index contributed by atoms with van der Waals surface area (Å²) in [5.41, 5.74) is 1.53. The molecule has 4 N–H and O–H groups in total. The van der Waals surface area contributed by atoms with E-state index in [4.69, 9.17) is 5.11 Å². The van der Waals surface area contributed by atoms with E-state index in [9.17, 15) is 14.7 Å². The Bertz CT molecular complexity index is 1390. The van der Waals surface area contributed by atoms with E-state index in [-0.39, 0.29) is 18.4 Å². The number of carboxylic acid groups (broad SMARTS) is 1. The van der Waals surface area contributed by atoms with Gasteiger partial charge >= 0.3 is 6.09 Å². The molecule has 4 aromatic rings. The monoisotopic (exact) mass is 492 g/mol. The maximum Gasteiger partial charge on any atom is 0.411 e. The third-order valence-electron chi connectivity index (χ3n) is 5.57. The molecule has 1 aliphatic rings. The minimum Gasteiger partial charge on any atom is -0.465 e. The molecule has 8 nitrogen and oxygen atoms in total. The summed E-state index contributed by atoms with van der Waals surface area (Å²) in [6.07, 6.45) is -1.24. The molecule has 0 saturated carbocycles. The standard InChI is InChI=1S/C23H17BrN4O4/c24-17-8-4-1-5-13(17)12-28-20(29)15-6-2-3-7-16(15)23(28,32)14-9-10-18-19(11-14)26-21(25-18)27-22(30)31/h1-11,32H,12H2,(H,30,31)(H2,25,26,27). The molecule has 3 aromatic carbocycles. The molecule has 1 unspecified atom stereocenters. The van der Waals surface area contributed by atoms with Gasteiger partial charge in [-0.25, -0.2) is 9.78 Å². The quantitative estimate of drug-likeness (QED) is 0.339. The highest BCUT2D eigenvalue weighted by Crippen LogP contribution is 2.44. The number of aliphatic hydroxyl groups is 1. The van der Waals surface area contributed by atoms with Gasteiger partial charge in [0.05, 0.1) is 17.6 Å². The number of anilines is 1. The van der Waals surface area contributed by atoms with E-state index in [1.165, 1.54) is 4.90 Å². The van der Waals surface area contributed by atoms with Crippen LogP contribution in [-0.2, 0) is 12.3 Å². The minimum atomic E-state index is -1.73. The van der Waals surface area contributed by atoms with Crippen molar-refractivity contribution in [1.29, 1.82) is 0 Å². The van der Waals surface area contributed by atoms with Crippen molar-refractivity contribution in [2.24, 2.45) is 0 Å². The van der Waals surface area contributed by atoms with Crippen LogP contribution in [0.2, 0.25) is 0 Å². The number of amides is 2. The van der Waals surface area contributed by atoms with E-state index in [0.29, 0.717) is 27.7 Å². The molecule has 1 atom stereocenters. The zero-order chi connectivity index (χ0) is 22.5. The van der Waals surface area contributed by atoms with Crippen LogP contribution < -0.4 is 5.32 Å². The third-order valence-corrected chi connectivity index (χ3v) is 6.34. The highest BCUT2D eigenvalue weighted by Gasteiger charge is 2.49. The van der Waals surface area contributed by atoms with E-state index in [2.05, 4.69) is 31.2 Å². The van der Waals surface area contributed by atoms with Crippen molar-refractivity contribution in [3.05, 3.63) is 93.5 Å². The van der Waals surface area contributed by atoms with Crippen molar-refractivity contribution in [2.75, 3.05) is 5.32 Å². The number of imidazole rings is 1. The number of H-pyrrole nitrogens is 1. The number of hydrogen-bond acceptors (Lipinski definition) is 4. The van der Waals surface area contributed by atoms with Gasteiger partial charge in [-0.2, -0.15) is 0 Å². The van der Waals surface area contributed by atoms with E-state index in [1.807, 2.05) is 24.3 Å². The molecular weight excluding hydrogens is 476 g/mol. The number of carbonyl (C=O) groups excluding carboxylic acids is 1. The van der Waals surface area contributed by atoms with Crippen LogP contribution in [0, 0.1) is 0 Å². The van der Waals surface area contributed by atoms with Crippen molar-refractivity contribution >= 4 is 44.9 Å². The minimum absolute atomic E-state index is 0.0737. The van der Waals surface area contributed by atoms with E-state index >= 15 is 0 Å². The summed E-state index contributed by atoms with van der Waals surface area (Å²) in [6.45, 7) is 0.176. The number of hydrogen-bond donors (Lipinski definition) is 4. The van der Waals surface area contributed by atoms with Gasteiger partial charge in [0.1, 0.15) is 0 Å². The largest absolute Gasteiger partial charge is 0.465 e. The predicted octanol–water partition coefficient (Wildman–Crippen LogP) is 4.26. The van der Waals surface area contributed by atoms with Crippen LogP contribution in [0.25, 0.3) is 11.0 Å². The maximum atomic E-state index is 13.3. The van der Waals surface area contributed by atoms with Crippen molar-refractivity contribution in [3.8, 4) is 0 Å². The Morgan fingerprint density at radius 1 is 1.12 bits per heavy atom. The van der Waals surface area contributed by atoms with Crippen LogP contribution in [0.1, 0.15) is 27.0 Å². The molecule has 0 spiro atoms. The van der Waals surface area contributed by atoms with Gasteiger partial charge in [0, 0.05) is 21.2 Å². The first-order chi connectivity index (χ1) is 15.4. The van der Waals surface area contributed by atoms with Gasteiger partial charge in [0.25, 0.3) is 5.91 Å². The number of aromatic amines is 1. The summed E-state index contributed by atoms with van der Waals surface area (Å²) < 4.78 is 0.832. The lowest BCUT2D eigenvalue weighted by Crippen LogP contribution is -2.44. The first-order valence-electron chi connectivity index (χ1n) is 9.75. The van der Waals surface area contributed by atoms with Crippen LogP contribution in [0.5, 0.6) is 0 Å². The van der Waals surface area contributed by atoms with E-state index in [0.717, 1.165) is 10.0 Å². The fourth-order valence-corrected chi connectivity index (χ4v) is 4.50. The summed E-state index contributed by atoms with van der Waals surface area (Å²) in [6, 6.07) is 19.6. The summed E-state index contributed by atoms with van der Waals surface area (Å²) in [7, 11) is 0. The summed E-state index contributed by atoms with van der Waals surface area (Å²) in [5.74, 6) is -0.209. The summed E-state index contributed by atoms with van der Waals surface area (Å²) in [5, 5.41) is 23.2. The number of carbonyl (C=O) groups is 2. The normalized spacial score (nSPS) is 17.6. The molecular formula is C23H17BrN4O4.